The molecule has 1 aliphatic rings. The largest absolute Gasteiger partial charge is 0.493 e. The fourth-order valence-electron chi connectivity index (χ4n) is 2.90. The highest BCUT2D eigenvalue weighted by atomic mass is 16.7. The van der Waals surface area contributed by atoms with Crippen molar-refractivity contribution in [3.05, 3.63) is 23.8 Å². The molecule has 5 unspecified atom stereocenters. The quantitative estimate of drug-likeness (QED) is 0.319. The monoisotopic (exact) mass is 402 g/mol. The molecular weight excluding hydrogens is 372 g/mol. The molecule has 1 aliphatic heterocycles. The summed E-state index contributed by atoms with van der Waals surface area (Å²) < 4.78 is 21.7. The summed E-state index contributed by atoms with van der Waals surface area (Å²) in [5.41, 5.74) is 0.964. The van der Waals surface area contributed by atoms with Gasteiger partial charge in [0.05, 0.1) is 33.0 Å². The topological polar surface area (TPSA) is 138 Å². The molecule has 0 bridgehead atoms. The first-order valence-electron chi connectivity index (χ1n) is 9.27. The van der Waals surface area contributed by atoms with Crippen LogP contribution in [-0.4, -0.2) is 89.3 Å². The molecule has 1 aromatic carbocycles. The van der Waals surface area contributed by atoms with Gasteiger partial charge in [0.1, 0.15) is 24.4 Å². The third kappa shape index (κ3) is 5.77. The molecule has 9 heteroatoms. The minimum absolute atomic E-state index is 0.287. The summed E-state index contributed by atoms with van der Waals surface area (Å²) >= 11 is 0. The van der Waals surface area contributed by atoms with E-state index in [-0.39, 0.29) is 19.8 Å². The number of aryl methyl sites for hydroxylation is 1. The zero-order valence-electron chi connectivity index (χ0n) is 16.1. The maximum Gasteiger partial charge on any atom is 0.186 e. The van der Waals surface area contributed by atoms with E-state index < -0.39 is 36.8 Å². The van der Waals surface area contributed by atoms with Crippen molar-refractivity contribution >= 4 is 0 Å². The third-order valence-electron chi connectivity index (χ3n) is 4.63. The second-order valence-corrected chi connectivity index (χ2v) is 6.75. The number of aliphatic hydroxyl groups excluding tert-OH is 5. The van der Waals surface area contributed by atoms with Crippen LogP contribution >= 0.6 is 0 Å². The first-order chi connectivity index (χ1) is 13.4. The molecule has 0 spiro atoms. The number of hydrogen-bond acceptors (Lipinski definition) is 9. The van der Waals surface area contributed by atoms with E-state index in [1.54, 1.807) is 19.1 Å². The van der Waals surface area contributed by atoms with Gasteiger partial charge < -0.3 is 44.5 Å². The Labute approximate surface area is 164 Å². The van der Waals surface area contributed by atoms with Crippen molar-refractivity contribution < 1.29 is 44.5 Å². The van der Waals surface area contributed by atoms with Gasteiger partial charge in [-0.15, -0.1) is 0 Å². The number of hydrogen-bond donors (Lipinski definition) is 5. The lowest BCUT2D eigenvalue weighted by Crippen LogP contribution is -2.57. The summed E-state index contributed by atoms with van der Waals surface area (Å²) in [6.45, 7) is 1.27. The number of benzene rings is 1. The summed E-state index contributed by atoms with van der Waals surface area (Å²) in [4.78, 5) is 0. The maximum atomic E-state index is 9.93. The molecule has 28 heavy (non-hydrogen) atoms. The Bertz CT molecular complexity index is 593. The molecule has 1 fully saturated rings. The lowest BCUT2D eigenvalue weighted by molar-refractivity contribution is -0.293. The predicted octanol–water partition coefficient (Wildman–Crippen LogP) is -0.796. The third-order valence-corrected chi connectivity index (χ3v) is 4.63. The van der Waals surface area contributed by atoms with E-state index in [9.17, 15) is 15.3 Å². The van der Waals surface area contributed by atoms with Gasteiger partial charge in [-0.1, -0.05) is 6.07 Å². The first kappa shape index (κ1) is 22.8. The van der Waals surface area contributed by atoms with Gasteiger partial charge in [0.2, 0.25) is 0 Å². The van der Waals surface area contributed by atoms with Gasteiger partial charge in [-0.2, -0.15) is 0 Å². The van der Waals surface area contributed by atoms with Crippen molar-refractivity contribution in [3.63, 3.8) is 0 Å². The van der Waals surface area contributed by atoms with Crippen molar-refractivity contribution in [2.24, 2.45) is 0 Å². The number of aliphatic hydroxyl groups is 5. The second kappa shape index (κ2) is 10.9. The molecule has 0 aromatic heterocycles. The highest BCUT2D eigenvalue weighted by Crippen LogP contribution is 2.29. The fraction of sp³-hybridized carbons (Fsp3) is 0.684. The number of ether oxygens (including phenoxy) is 4. The van der Waals surface area contributed by atoms with E-state index in [2.05, 4.69) is 0 Å². The summed E-state index contributed by atoms with van der Waals surface area (Å²) in [5, 5.41) is 47.6. The Morgan fingerprint density at radius 3 is 2.39 bits per heavy atom. The fourth-order valence-corrected chi connectivity index (χ4v) is 2.90. The molecule has 0 amide bonds. The molecule has 5 N–H and O–H groups in total. The van der Waals surface area contributed by atoms with E-state index >= 15 is 0 Å². The summed E-state index contributed by atoms with van der Waals surface area (Å²) in [6.07, 6.45) is -4.84. The molecule has 2 rings (SSSR count). The number of rotatable bonds is 10. The zero-order valence-corrected chi connectivity index (χ0v) is 16.1. The molecule has 1 aromatic rings. The lowest BCUT2D eigenvalue weighted by Gasteiger charge is -2.38. The van der Waals surface area contributed by atoms with Crippen molar-refractivity contribution in [3.8, 4) is 11.5 Å². The van der Waals surface area contributed by atoms with Crippen molar-refractivity contribution in [2.45, 2.75) is 56.6 Å². The molecular formula is C19H30O9. The summed E-state index contributed by atoms with van der Waals surface area (Å²) in [7, 11) is 1.50. The SMILES string of the molecule is COc1cc(CCCOC2OC(C)C(O)C(O)C2O)ccc1OC(CO)CO. The Morgan fingerprint density at radius 2 is 1.75 bits per heavy atom. The summed E-state index contributed by atoms with van der Waals surface area (Å²) in [6, 6.07) is 5.36. The molecule has 1 heterocycles. The molecule has 0 radical (unpaired) electrons. The second-order valence-electron chi connectivity index (χ2n) is 6.75. The van der Waals surface area contributed by atoms with Crippen LogP contribution in [0.25, 0.3) is 0 Å². The van der Waals surface area contributed by atoms with Crippen molar-refractivity contribution in [2.75, 3.05) is 26.9 Å². The smallest absolute Gasteiger partial charge is 0.186 e. The van der Waals surface area contributed by atoms with E-state index in [4.69, 9.17) is 29.2 Å². The maximum absolute atomic E-state index is 9.93. The van der Waals surface area contributed by atoms with Gasteiger partial charge >= 0.3 is 0 Å². The predicted molar refractivity (Wildman–Crippen MR) is 98.2 cm³/mol. The van der Waals surface area contributed by atoms with Gasteiger partial charge in [-0.3, -0.25) is 0 Å². The Morgan fingerprint density at radius 1 is 1.04 bits per heavy atom. The number of methoxy groups -OCH3 is 1. The average Bonchev–Trinajstić information content (AvgIpc) is 2.71. The van der Waals surface area contributed by atoms with Crippen LogP contribution in [0.2, 0.25) is 0 Å². The first-order valence-corrected chi connectivity index (χ1v) is 9.27. The van der Waals surface area contributed by atoms with Crippen LogP contribution in [0.5, 0.6) is 11.5 Å². The van der Waals surface area contributed by atoms with E-state index in [0.29, 0.717) is 24.3 Å². The summed E-state index contributed by atoms with van der Waals surface area (Å²) in [5.74, 6) is 0.915. The molecule has 0 saturated carbocycles. The van der Waals surface area contributed by atoms with E-state index in [0.717, 1.165) is 5.56 Å². The van der Waals surface area contributed by atoms with E-state index in [1.165, 1.54) is 7.11 Å². The normalized spacial score (nSPS) is 27.8. The highest BCUT2D eigenvalue weighted by molar-refractivity contribution is 5.43. The van der Waals surface area contributed by atoms with Gasteiger partial charge in [0, 0.05) is 0 Å². The molecule has 5 atom stereocenters. The highest BCUT2D eigenvalue weighted by Gasteiger charge is 2.42. The van der Waals surface area contributed by atoms with Gasteiger partial charge in [0.25, 0.3) is 0 Å². The van der Waals surface area contributed by atoms with Gasteiger partial charge in [-0.05, 0) is 37.5 Å². The molecule has 9 nitrogen and oxygen atoms in total. The average molecular weight is 402 g/mol. The Balaban J connectivity index is 1.84. The van der Waals surface area contributed by atoms with Crippen LogP contribution in [0.15, 0.2) is 18.2 Å². The lowest BCUT2D eigenvalue weighted by atomic mass is 10.00. The van der Waals surface area contributed by atoms with Crippen molar-refractivity contribution in [1.29, 1.82) is 0 Å². The van der Waals surface area contributed by atoms with Crippen LogP contribution in [-0.2, 0) is 15.9 Å². The Hall–Kier alpha value is -1.46. The van der Waals surface area contributed by atoms with Gasteiger partial charge in [-0.25, -0.2) is 0 Å². The van der Waals surface area contributed by atoms with Crippen LogP contribution in [0.1, 0.15) is 18.9 Å². The van der Waals surface area contributed by atoms with Gasteiger partial charge in [0.15, 0.2) is 17.8 Å². The minimum Gasteiger partial charge on any atom is -0.493 e. The molecule has 1 saturated heterocycles. The van der Waals surface area contributed by atoms with Crippen LogP contribution in [0.3, 0.4) is 0 Å². The van der Waals surface area contributed by atoms with Crippen LogP contribution in [0, 0.1) is 0 Å². The molecule has 160 valence electrons. The van der Waals surface area contributed by atoms with E-state index in [1.807, 2.05) is 6.07 Å². The standard InChI is InChI=1S/C19H30O9/c1-11-16(22)17(23)18(24)19(27-11)26-7-3-4-12-5-6-14(15(8-12)25-2)28-13(9-20)10-21/h5-6,8,11,13,16-24H,3-4,7,9-10H2,1-2H3. The molecule has 0 aliphatic carbocycles. The van der Waals surface area contributed by atoms with Crippen LogP contribution < -0.4 is 9.47 Å². The van der Waals surface area contributed by atoms with Crippen molar-refractivity contribution in [1.82, 2.24) is 0 Å². The zero-order chi connectivity index (χ0) is 20.7. The Kier molecular flexibility index (Phi) is 8.90. The van der Waals surface area contributed by atoms with Crippen LogP contribution in [0.4, 0.5) is 0 Å². The minimum atomic E-state index is -1.31.